The Bertz CT molecular complexity index is 1150. The Hall–Kier alpha value is -3.00. The molecule has 6 nitrogen and oxygen atoms in total. The van der Waals surface area contributed by atoms with Crippen LogP contribution < -0.4 is 4.74 Å². The molecule has 0 spiro atoms. The van der Waals surface area contributed by atoms with Gasteiger partial charge in [-0.1, -0.05) is 81.4 Å². The Balaban J connectivity index is 1.85. The summed E-state index contributed by atoms with van der Waals surface area (Å²) in [4.78, 5) is 18.7. The Kier molecular flexibility index (Phi) is 10.2. The molecule has 0 unspecified atom stereocenters. The van der Waals surface area contributed by atoms with E-state index in [4.69, 9.17) is 9.16 Å². The van der Waals surface area contributed by atoms with Crippen LogP contribution in [0.4, 0.5) is 0 Å². The van der Waals surface area contributed by atoms with E-state index >= 15 is 0 Å². The number of ether oxygens (including phenoxy) is 1. The van der Waals surface area contributed by atoms with Crippen molar-refractivity contribution in [1.82, 2.24) is 9.88 Å². The van der Waals surface area contributed by atoms with E-state index in [0.717, 1.165) is 16.7 Å². The van der Waals surface area contributed by atoms with E-state index in [-0.39, 0.29) is 17.5 Å². The van der Waals surface area contributed by atoms with Gasteiger partial charge in [0, 0.05) is 24.8 Å². The monoisotopic (exact) mass is 534 g/mol. The second-order valence-corrected chi connectivity index (χ2v) is 16.1. The van der Waals surface area contributed by atoms with Gasteiger partial charge in [-0.05, 0) is 47.8 Å². The van der Waals surface area contributed by atoms with Gasteiger partial charge in [-0.15, -0.1) is 0 Å². The molecule has 3 aromatic rings. The SMILES string of the molecule is C[C@H](c1ccccc1)N(Cc1ccccc1)[C@@H](CC(=O)O)c1cncc(OCCO[Si](C)(C)C(C)(C)C)c1. The van der Waals surface area contributed by atoms with Crippen molar-refractivity contribution >= 4 is 14.3 Å². The molecular formula is C31H42N2O4Si. The quantitative estimate of drug-likeness (QED) is 0.184. The fraction of sp³-hybridized carbons (Fsp3) is 0.419. The molecule has 1 heterocycles. The lowest BCUT2D eigenvalue weighted by Crippen LogP contribution is -2.41. The molecule has 0 aliphatic carbocycles. The summed E-state index contributed by atoms with van der Waals surface area (Å²) in [7, 11) is -1.85. The van der Waals surface area contributed by atoms with Gasteiger partial charge in [0.15, 0.2) is 8.32 Å². The predicted molar refractivity (Wildman–Crippen MR) is 155 cm³/mol. The number of carbonyl (C=O) groups is 1. The van der Waals surface area contributed by atoms with Gasteiger partial charge < -0.3 is 14.3 Å². The predicted octanol–water partition coefficient (Wildman–Crippen LogP) is 7.26. The van der Waals surface area contributed by atoms with Crippen molar-refractivity contribution in [3.8, 4) is 5.75 Å². The summed E-state index contributed by atoms with van der Waals surface area (Å²) in [6.45, 7) is 14.7. The van der Waals surface area contributed by atoms with Crippen molar-refractivity contribution in [2.24, 2.45) is 0 Å². The molecule has 2 aromatic carbocycles. The summed E-state index contributed by atoms with van der Waals surface area (Å²) in [5, 5.41) is 10.0. The van der Waals surface area contributed by atoms with Gasteiger partial charge in [0.1, 0.15) is 12.4 Å². The van der Waals surface area contributed by atoms with Crippen molar-refractivity contribution in [3.05, 3.63) is 95.8 Å². The first-order valence-electron chi connectivity index (χ1n) is 13.3. The normalized spacial score (nSPS) is 13.8. The highest BCUT2D eigenvalue weighted by Crippen LogP contribution is 2.37. The molecule has 0 bridgehead atoms. The maximum atomic E-state index is 12.1. The molecule has 0 aliphatic heterocycles. The van der Waals surface area contributed by atoms with Crippen LogP contribution in [0.2, 0.25) is 18.1 Å². The van der Waals surface area contributed by atoms with Crippen molar-refractivity contribution in [3.63, 3.8) is 0 Å². The molecule has 38 heavy (non-hydrogen) atoms. The number of hydrogen-bond acceptors (Lipinski definition) is 5. The molecule has 0 amide bonds. The second kappa shape index (κ2) is 13.2. The molecule has 3 rings (SSSR count). The molecule has 1 aromatic heterocycles. The van der Waals surface area contributed by atoms with Crippen molar-refractivity contribution in [2.75, 3.05) is 13.2 Å². The van der Waals surface area contributed by atoms with Gasteiger partial charge >= 0.3 is 5.97 Å². The van der Waals surface area contributed by atoms with Crippen LogP contribution >= 0.6 is 0 Å². The molecule has 0 saturated carbocycles. The summed E-state index contributed by atoms with van der Waals surface area (Å²) in [5.74, 6) is -0.244. The van der Waals surface area contributed by atoms with E-state index < -0.39 is 20.3 Å². The number of carboxylic acid groups (broad SMARTS) is 1. The maximum Gasteiger partial charge on any atom is 0.305 e. The summed E-state index contributed by atoms with van der Waals surface area (Å²) in [6.07, 6.45) is 3.38. The number of carboxylic acids is 1. The minimum Gasteiger partial charge on any atom is -0.490 e. The van der Waals surface area contributed by atoms with Crippen molar-refractivity contribution < 1.29 is 19.1 Å². The van der Waals surface area contributed by atoms with Crippen molar-refractivity contribution in [2.45, 2.75) is 70.9 Å². The van der Waals surface area contributed by atoms with Gasteiger partial charge in [0.25, 0.3) is 0 Å². The van der Waals surface area contributed by atoms with Crippen LogP contribution in [0.3, 0.4) is 0 Å². The molecule has 0 aliphatic rings. The third-order valence-electron chi connectivity index (χ3n) is 7.50. The summed E-state index contributed by atoms with van der Waals surface area (Å²) in [5.41, 5.74) is 3.06. The molecule has 1 N–H and O–H groups in total. The molecule has 7 heteroatoms. The fourth-order valence-electron chi connectivity index (χ4n) is 4.20. The van der Waals surface area contributed by atoms with Crippen LogP contribution in [0.1, 0.15) is 62.9 Å². The Morgan fingerprint density at radius 1 is 0.974 bits per heavy atom. The Labute approximate surface area is 228 Å². The number of benzene rings is 2. The van der Waals surface area contributed by atoms with E-state index in [1.807, 2.05) is 42.5 Å². The zero-order chi connectivity index (χ0) is 27.8. The van der Waals surface area contributed by atoms with Crippen LogP contribution in [-0.4, -0.2) is 42.5 Å². The van der Waals surface area contributed by atoms with E-state index in [2.05, 4.69) is 74.9 Å². The van der Waals surface area contributed by atoms with E-state index in [1.165, 1.54) is 0 Å². The van der Waals surface area contributed by atoms with Crippen molar-refractivity contribution in [1.29, 1.82) is 0 Å². The molecule has 2 atom stereocenters. The third-order valence-corrected chi connectivity index (χ3v) is 12.0. The average Bonchev–Trinajstić information content (AvgIpc) is 2.89. The largest absolute Gasteiger partial charge is 0.490 e. The summed E-state index contributed by atoms with van der Waals surface area (Å²) in [6, 6.07) is 21.8. The highest BCUT2D eigenvalue weighted by atomic mass is 28.4. The zero-order valence-corrected chi connectivity index (χ0v) is 24.6. The first-order valence-corrected chi connectivity index (χ1v) is 16.2. The first kappa shape index (κ1) is 29.6. The summed E-state index contributed by atoms with van der Waals surface area (Å²) < 4.78 is 12.3. The minimum absolute atomic E-state index is 0.0247. The third kappa shape index (κ3) is 8.25. The lowest BCUT2D eigenvalue weighted by Gasteiger charge is -2.36. The maximum absolute atomic E-state index is 12.1. The van der Waals surface area contributed by atoms with Gasteiger partial charge in [-0.3, -0.25) is 14.7 Å². The van der Waals surface area contributed by atoms with E-state index in [0.29, 0.717) is 25.5 Å². The number of hydrogen-bond donors (Lipinski definition) is 1. The van der Waals surface area contributed by atoms with Gasteiger partial charge in [-0.25, -0.2) is 0 Å². The fourth-order valence-corrected chi connectivity index (χ4v) is 5.22. The van der Waals surface area contributed by atoms with Gasteiger partial charge in [-0.2, -0.15) is 0 Å². The molecular weight excluding hydrogens is 492 g/mol. The molecule has 0 radical (unpaired) electrons. The van der Waals surface area contributed by atoms with E-state index in [9.17, 15) is 9.90 Å². The number of nitrogens with zero attached hydrogens (tertiary/aromatic N) is 2. The standard InChI is InChI=1S/C31H42N2O4Si/c1-24(26-15-11-8-12-16-26)33(23-25-13-9-7-10-14-25)29(20-30(34)35)27-19-28(22-32-21-27)36-17-18-37-38(5,6)31(2,3)4/h7-16,19,21-22,24,29H,17-18,20,23H2,1-6H3,(H,34,35)/t24-,29+/m1/s1. The highest BCUT2D eigenvalue weighted by molar-refractivity contribution is 6.74. The van der Waals surface area contributed by atoms with Crippen LogP contribution in [0.5, 0.6) is 5.75 Å². The Morgan fingerprint density at radius 2 is 1.61 bits per heavy atom. The highest BCUT2D eigenvalue weighted by Gasteiger charge is 2.37. The number of rotatable bonds is 13. The van der Waals surface area contributed by atoms with Gasteiger partial charge in [0.05, 0.1) is 19.2 Å². The minimum atomic E-state index is -1.85. The average molecular weight is 535 g/mol. The molecule has 0 saturated heterocycles. The number of aromatic nitrogens is 1. The molecule has 204 valence electrons. The topological polar surface area (TPSA) is 71.9 Å². The summed E-state index contributed by atoms with van der Waals surface area (Å²) >= 11 is 0. The smallest absolute Gasteiger partial charge is 0.305 e. The lowest BCUT2D eigenvalue weighted by atomic mass is 9.97. The van der Waals surface area contributed by atoms with Crippen LogP contribution in [0.15, 0.2) is 79.1 Å². The zero-order valence-electron chi connectivity index (χ0n) is 23.6. The number of pyridine rings is 1. The first-order chi connectivity index (χ1) is 18.0. The lowest BCUT2D eigenvalue weighted by molar-refractivity contribution is -0.138. The van der Waals surface area contributed by atoms with Gasteiger partial charge in [0.2, 0.25) is 0 Å². The Morgan fingerprint density at radius 3 is 2.21 bits per heavy atom. The van der Waals surface area contributed by atoms with Crippen LogP contribution in [-0.2, 0) is 15.8 Å². The van der Waals surface area contributed by atoms with E-state index in [1.54, 1.807) is 12.4 Å². The van der Waals surface area contributed by atoms with Crippen LogP contribution in [0, 0.1) is 0 Å². The second-order valence-electron chi connectivity index (χ2n) is 11.3. The molecule has 0 fully saturated rings. The number of aliphatic carboxylic acids is 1. The van der Waals surface area contributed by atoms with Crippen LogP contribution in [0.25, 0.3) is 0 Å².